The Labute approximate surface area is 311 Å². The van der Waals surface area contributed by atoms with Crippen LogP contribution in [0.1, 0.15) is 26.3 Å². The van der Waals surface area contributed by atoms with E-state index in [1.165, 1.54) is 41.5 Å². The van der Waals surface area contributed by atoms with Crippen LogP contribution in [0, 0.1) is 0 Å². The number of ketones is 1. The van der Waals surface area contributed by atoms with Gasteiger partial charge in [0.25, 0.3) is 5.24 Å². The molecule has 0 amide bonds. The minimum Gasteiger partial charge on any atom is -0.289 e. The molecule has 4 N–H and O–H groups in total. The number of nitrogens with two attached hydrogens (primary N) is 2. The molecule has 6 aromatic carbocycles. The average Bonchev–Trinajstić information content (AvgIpc) is 3.12. The van der Waals surface area contributed by atoms with Gasteiger partial charge >= 0.3 is 0 Å². The standard InChI is InChI=1S/C19H14ClNO3S.C12H10.C7H5Cl2NO3S/c20-17-11-10-16(12-18(17)25(21,23)24)19(22)15-8-6-14(7-9-15)13-4-2-1-3-5-13;1-3-7-11(8-4-1)12-9-5-2-6-10-12;8-5-2-1-4(7(9)11)3-6(5)14(10,12)13/h1-12H,(H2,21,23,24);1-10H;1-3H,(H2,10,12,13). The summed E-state index contributed by atoms with van der Waals surface area (Å²) in [6.07, 6.45) is 0. The Morgan fingerprint density at radius 3 is 1.10 bits per heavy atom. The van der Waals surface area contributed by atoms with Gasteiger partial charge in [-0.1, -0.05) is 138 Å². The summed E-state index contributed by atoms with van der Waals surface area (Å²) in [6, 6.07) is 45.3. The van der Waals surface area contributed by atoms with Crippen LogP contribution in [0.25, 0.3) is 22.3 Å². The number of primary sulfonamides is 2. The van der Waals surface area contributed by atoms with Crippen molar-refractivity contribution in [2.75, 3.05) is 0 Å². The molecule has 6 rings (SSSR count). The lowest BCUT2D eigenvalue weighted by molar-refractivity contribution is 0.103. The first-order chi connectivity index (χ1) is 24.1. The summed E-state index contributed by atoms with van der Waals surface area (Å²) in [6.45, 7) is 0. The van der Waals surface area contributed by atoms with Crippen molar-refractivity contribution in [3.8, 4) is 22.3 Å². The fraction of sp³-hybridized carbons (Fsp3) is 0. The zero-order chi connectivity index (χ0) is 37.2. The van der Waals surface area contributed by atoms with Gasteiger partial charge in [-0.3, -0.25) is 9.59 Å². The number of hydrogen-bond donors (Lipinski definition) is 2. The highest BCUT2D eigenvalue weighted by atomic mass is 35.5. The Bertz CT molecular complexity index is 2320. The lowest BCUT2D eigenvalue weighted by Gasteiger charge is -2.07. The summed E-state index contributed by atoms with van der Waals surface area (Å²) in [7, 11) is -7.93. The number of hydrogen-bond acceptors (Lipinski definition) is 6. The molecule has 0 bridgehead atoms. The topological polar surface area (TPSA) is 154 Å². The van der Waals surface area contributed by atoms with Crippen LogP contribution in [0.2, 0.25) is 10.0 Å². The van der Waals surface area contributed by atoms with Crippen molar-refractivity contribution < 1.29 is 26.4 Å². The highest BCUT2D eigenvalue weighted by Gasteiger charge is 2.18. The van der Waals surface area contributed by atoms with Crippen LogP contribution in [0.3, 0.4) is 0 Å². The van der Waals surface area contributed by atoms with E-state index in [-0.39, 0.29) is 36.7 Å². The predicted molar refractivity (Wildman–Crippen MR) is 203 cm³/mol. The average molecular weight is 780 g/mol. The molecule has 0 aliphatic heterocycles. The molecule has 0 aromatic heterocycles. The van der Waals surface area contributed by atoms with E-state index in [9.17, 15) is 26.4 Å². The fourth-order valence-electron chi connectivity index (χ4n) is 4.58. The molecule has 0 aliphatic carbocycles. The number of rotatable bonds is 7. The zero-order valence-electron chi connectivity index (χ0n) is 26.5. The lowest BCUT2D eigenvalue weighted by atomic mass is 9.99. The molecule has 6 aromatic rings. The van der Waals surface area contributed by atoms with E-state index in [2.05, 4.69) is 48.5 Å². The molecule has 0 unspecified atom stereocenters. The van der Waals surface area contributed by atoms with Crippen LogP contribution >= 0.6 is 34.8 Å². The van der Waals surface area contributed by atoms with Crippen LogP contribution in [0.5, 0.6) is 0 Å². The van der Waals surface area contributed by atoms with Crippen molar-refractivity contribution in [1.29, 1.82) is 0 Å². The SMILES string of the molecule is NS(=O)(=O)c1cc(C(=O)Cl)ccc1Cl.NS(=O)(=O)c1cc(C(=O)c2ccc(-c3ccccc3)cc2)ccc1Cl.c1ccc(-c2ccccc2)cc1. The van der Waals surface area contributed by atoms with Crippen LogP contribution in [0.4, 0.5) is 0 Å². The number of halogens is 3. The van der Waals surface area contributed by atoms with Crippen molar-refractivity contribution in [1.82, 2.24) is 0 Å². The summed E-state index contributed by atoms with van der Waals surface area (Å²) in [5, 5.41) is 9.15. The summed E-state index contributed by atoms with van der Waals surface area (Å²) in [5.41, 5.74) is 5.27. The molecule has 8 nitrogen and oxygen atoms in total. The third-order valence-corrected chi connectivity index (χ3v) is 10.1. The second-order valence-corrected chi connectivity index (χ2v) is 14.9. The van der Waals surface area contributed by atoms with Crippen molar-refractivity contribution >= 4 is 65.9 Å². The monoisotopic (exact) mass is 778 g/mol. The highest BCUT2D eigenvalue weighted by molar-refractivity contribution is 7.89. The summed E-state index contributed by atoms with van der Waals surface area (Å²) in [5.74, 6) is -0.304. The first-order valence-corrected chi connectivity index (χ1v) is 19.0. The van der Waals surface area contributed by atoms with Crippen LogP contribution in [-0.4, -0.2) is 27.9 Å². The van der Waals surface area contributed by atoms with Gasteiger partial charge < -0.3 is 0 Å². The van der Waals surface area contributed by atoms with E-state index < -0.39 is 25.3 Å². The van der Waals surface area contributed by atoms with Gasteiger partial charge in [0.2, 0.25) is 20.0 Å². The maximum Gasteiger partial charge on any atom is 0.252 e. The lowest BCUT2D eigenvalue weighted by Crippen LogP contribution is -2.14. The van der Waals surface area contributed by atoms with Gasteiger partial charge in [-0.2, -0.15) is 0 Å². The number of benzene rings is 6. The van der Waals surface area contributed by atoms with E-state index in [4.69, 9.17) is 45.1 Å². The minimum absolute atomic E-state index is 0.0153. The van der Waals surface area contributed by atoms with Crippen molar-refractivity contribution in [3.63, 3.8) is 0 Å². The van der Waals surface area contributed by atoms with Gasteiger partial charge in [0.05, 0.1) is 10.0 Å². The molecule has 0 aliphatic rings. The molecule has 0 spiro atoms. The van der Waals surface area contributed by atoms with E-state index in [0.717, 1.165) is 17.2 Å². The van der Waals surface area contributed by atoms with Gasteiger partial charge in [-0.15, -0.1) is 0 Å². The molecule has 0 fully saturated rings. The van der Waals surface area contributed by atoms with Crippen LogP contribution in [-0.2, 0) is 20.0 Å². The molecule has 0 saturated carbocycles. The van der Waals surface area contributed by atoms with Crippen LogP contribution < -0.4 is 10.3 Å². The number of carbonyl (C=O) groups is 2. The van der Waals surface area contributed by atoms with Gasteiger partial charge in [-0.05, 0) is 70.3 Å². The van der Waals surface area contributed by atoms with Crippen molar-refractivity contribution in [2.24, 2.45) is 10.3 Å². The first kappa shape index (κ1) is 39.1. The van der Waals surface area contributed by atoms with E-state index >= 15 is 0 Å². The molecule has 260 valence electrons. The Morgan fingerprint density at radius 2 is 0.745 bits per heavy atom. The van der Waals surface area contributed by atoms with Gasteiger partial charge in [0.15, 0.2) is 5.78 Å². The normalized spacial score (nSPS) is 10.9. The molecule has 0 heterocycles. The second kappa shape index (κ2) is 17.5. The maximum absolute atomic E-state index is 12.6. The number of sulfonamides is 2. The van der Waals surface area contributed by atoms with E-state index in [1.807, 2.05) is 54.6 Å². The molecule has 13 heteroatoms. The highest BCUT2D eigenvalue weighted by Crippen LogP contribution is 2.25. The maximum atomic E-state index is 12.6. The zero-order valence-corrected chi connectivity index (χ0v) is 30.4. The third kappa shape index (κ3) is 11.2. The molecular weight excluding hydrogens is 751 g/mol. The van der Waals surface area contributed by atoms with Crippen molar-refractivity contribution in [3.05, 3.63) is 178 Å². The fourth-order valence-corrected chi connectivity index (χ4v) is 6.84. The smallest absolute Gasteiger partial charge is 0.252 e. The molecular formula is C38H29Cl3N2O6S2. The Hall–Kier alpha value is -4.65. The van der Waals surface area contributed by atoms with E-state index in [0.29, 0.717) is 5.56 Å². The molecule has 0 saturated heterocycles. The first-order valence-electron chi connectivity index (χ1n) is 14.8. The van der Waals surface area contributed by atoms with Crippen LogP contribution in [0.15, 0.2) is 161 Å². The molecule has 51 heavy (non-hydrogen) atoms. The van der Waals surface area contributed by atoms with E-state index in [1.54, 1.807) is 12.1 Å². The molecule has 0 radical (unpaired) electrons. The van der Waals surface area contributed by atoms with Gasteiger partial charge in [-0.25, -0.2) is 27.1 Å². The quantitative estimate of drug-likeness (QED) is 0.122. The Balaban J connectivity index is 0.000000189. The Kier molecular flexibility index (Phi) is 13.4. The second-order valence-electron chi connectivity index (χ2n) is 10.7. The Morgan fingerprint density at radius 1 is 0.431 bits per heavy atom. The van der Waals surface area contributed by atoms with Gasteiger partial charge in [0, 0.05) is 16.7 Å². The van der Waals surface area contributed by atoms with Gasteiger partial charge in [0.1, 0.15) is 9.79 Å². The molecule has 0 atom stereocenters. The summed E-state index contributed by atoms with van der Waals surface area (Å²) >= 11 is 16.6. The third-order valence-electron chi connectivity index (χ3n) is 7.10. The summed E-state index contributed by atoms with van der Waals surface area (Å²) < 4.78 is 45.0. The summed E-state index contributed by atoms with van der Waals surface area (Å²) in [4.78, 5) is 22.8. The number of carbonyl (C=O) groups excluding carboxylic acids is 2. The van der Waals surface area contributed by atoms with Crippen molar-refractivity contribution in [2.45, 2.75) is 9.79 Å². The largest absolute Gasteiger partial charge is 0.289 e. The minimum atomic E-state index is -4.00. The predicted octanol–water partition coefficient (Wildman–Crippen LogP) is 8.61.